The van der Waals surface area contributed by atoms with Gasteiger partial charge in [0.25, 0.3) is 0 Å². The third kappa shape index (κ3) is 2.69. The maximum atomic E-state index is 9.18. The Balaban J connectivity index is 0. The van der Waals surface area contributed by atoms with Gasteiger partial charge in [0.05, 0.1) is 12.2 Å². The molecule has 0 aromatic heterocycles. The first-order chi connectivity index (χ1) is 4.45. The number of rotatable bonds is 0. The Kier molecular flexibility index (Phi) is 6.33. The van der Waals surface area contributed by atoms with Gasteiger partial charge >= 0.3 is 31.1 Å². The predicted molar refractivity (Wildman–Crippen MR) is 43.3 cm³/mol. The van der Waals surface area contributed by atoms with E-state index < -0.39 is 23.8 Å². The largest absolute Gasteiger partial charge is 2.00 e. The molecule has 1 aliphatic carbocycles. The van der Waals surface area contributed by atoms with Crippen molar-refractivity contribution in [3.05, 3.63) is 14.4 Å². The molecule has 0 heterocycles. The zero-order valence-corrected chi connectivity index (χ0v) is 11.4. The zero-order valence-electron chi connectivity index (χ0n) is 7.20. The Morgan fingerprint density at radius 3 is 1.92 bits per heavy atom. The normalized spacial score (nSPS) is 46.2. The minimum absolute atomic E-state index is 0. The van der Waals surface area contributed by atoms with Crippen molar-refractivity contribution < 1.29 is 41.3 Å². The summed E-state index contributed by atoms with van der Waals surface area (Å²) in [4.78, 5) is 0. The van der Waals surface area contributed by atoms with Crippen LogP contribution in [-0.2, 0) is 0 Å². The molecule has 4 atom stereocenters. The molecule has 3 unspecified atom stereocenters. The minimum Gasteiger partial charge on any atom is -0.391 e. The summed E-state index contributed by atoms with van der Waals surface area (Å²) in [6.07, 6.45) is -1.57. The van der Waals surface area contributed by atoms with Gasteiger partial charge in [-0.2, -0.15) is 0 Å². The molecular weight excluding hydrogens is 382 g/mol. The quantitative estimate of drug-likeness (QED) is 0.371. The maximum absolute atomic E-state index is 9.18. The summed E-state index contributed by atoms with van der Waals surface area (Å²) < 4.78 is 0. The number of hydrogen-bond acceptors (Lipinski definition) is 4. The SMILES string of the molecule is [CH2-][C@]1(N)CC(N)C(O)C1O.[CH3-].[U+2]. The average Bonchev–Trinajstić information content (AvgIpc) is 1.95. The number of hydrogen-bond donors (Lipinski definition) is 4. The van der Waals surface area contributed by atoms with Gasteiger partial charge in [0.1, 0.15) is 0 Å². The van der Waals surface area contributed by atoms with Crippen LogP contribution in [0.4, 0.5) is 0 Å². The molecule has 0 radical (unpaired) electrons. The van der Waals surface area contributed by atoms with Gasteiger partial charge in [0.2, 0.25) is 0 Å². The molecule has 0 aromatic carbocycles. The summed E-state index contributed by atoms with van der Waals surface area (Å²) in [5, 5.41) is 18.3. The van der Waals surface area contributed by atoms with Crippen molar-refractivity contribution in [2.75, 3.05) is 0 Å². The Bertz CT molecular complexity index is 143. The van der Waals surface area contributed by atoms with Crippen LogP contribution in [0.15, 0.2) is 0 Å². The molecule has 6 N–H and O–H groups in total. The summed E-state index contributed by atoms with van der Waals surface area (Å²) in [5.41, 5.74) is 9.94. The fourth-order valence-corrected chi connectivity index (χ4v) is 1.25. The number of nitrogens with two attached hydrogens (primary N) is 2. The molecule has 0 saturated heterocycles. The minimum atomic E-state index is -0.998. The predicted octanol–water partition coefficient (Wildman–Crippen LogP) is -1.58. The van der Waals surface area contributed by atoms with Crippen LogP contribution in [0.25, 0.3) is 0 Å². The number of aliphatic hydroxyl groups excluding tert-OH is 2. The van der Waals surface area contributed by atoms with Crippen LogP contribution in [0.3, 0.4) is 0 Å². The maximum Gasteiger partial charge on any atom is 2.00 e. The Labute approximate surface area is 97.1 Å². The molecule has 0 bridgehead atoms. The topological polar surface area (TPSA) is 92.5 Å². The molecule has 0 amide bonds. The molecule has 12 heavy (non-hydrogen) atoms. The fourth-order valence-electron chi connectivity index (χ4n) is 1.25. The first kappa shape index (κ1) is 15.4. The second-order valence-corrected chi connectivity index (χ2v) is 3.04. The first-order valence-electron chi connectivity index (χ1n) is 3.21. The van der Waals surface area contributed by atoms with Gasteiger partial charge in [-0.15, -0.1) is 0 Å². The third-order valence-corrected chi connectivity index (χ3v) is 1.97. The smallest absolute Gasteiger partial charge is 0.391 e. The van der Waals surface area contributed by atoms with Gasteiger partial charge in [-0.25, -0.2) is 0 Å². The molecule has 70 valence electrons. The van der Waals surface area contributed by atoms with E-state index in [1.165, 1.54) is 0 Å². The van der Waals surface area contributed by atoms with Gasteiger partial charge in [0.15, 0.2) is 0 Å². The molecule has 4 nitrogen and oxygen atoms in total. The molecule has 0 aliphatic heterocycles. The van der Waals surface area contributed by atoms with Crippen LogP contribution in [0, 0.1) is 45.5 Å². The van der Waals surface area contributed by atoms with Crippen molar-refractivity contribution in [2.45, 2.75) is 30.2 Å². The van der Waals surface area contributed by atoms with Gasteiger partial charge in [-0.3, -0.25) is 0 Å². The van der Waals surface area contributed by atoms with E-state index in [0.717, 1.165) is 0 Å². The second-order valence-electron chi connectivity index (χ2n) is 3.04. The van der Waals surface area contributed by atoms with E-state index in [9.17, 15) is 5.11 Å². The Hall–Kier alpha value is 0.892. The van der Waals surface area contributed by atoms with Crippen LogP contribution < -0.4 is 11.5 Å². The fraction of sp³-hybridized carbons (Fsp3) is 0.714. The Morgan fingerprint density at radius 2 is 1.83 bits per heavy atom. The summed E-state index contributed by atoms with van der Waals surface area (Å²) in [6.45, 7) is 3.54. The van der Waals surface area contributed by atoms with E-state index in [2.05, 4.69) is 6.92 Å². The molecule has 5 heteroatoms. The van der Waals surface area contributed by atoms with Crippen LogP contribution in [0.2, 0.25) is 0 Å². The molecule has 1 saturated carbocycles. The molecule has 0 aromatic rings. The molecule has 1 aliphatic rings. The van der Waals surface area contributed by atoms with Crippen molar-refractivity contribution in [1.29, 1.82) is 0 Å². The van der Waals surface area contributed by atoms with Crippen molar-refractivity contribution in [3.8, 4) is 0 Å². The van der Waals surface area contributed by atoms with E-state index in [1.54, 1.807) is 0 Å². The van der Waals surface area contributed by atoms with Crippen LogP contribution in [0.1, 0.15) is 6.42 Å². The monoisotopic (exact) mass is 398 g/mol. The van der Waals surface area contributed by atoms with Crippen molar-refractivity contribution in [1.82, 2.24) is 0 Å². The summed E-state index contributed by atoms with van der Waals surface area (Å²) >= 11 is 0. The van der Waals surface area contributed by atoms with Crippen LogP contribution in [-0.4, -0.2) is 34.0 Å². The summed E-state index contributed by atoms with van der Waals surface area (Å²) in [6, 6.07) is -0.447. The van der Waals surface area contributed by atoms with Gasteiger partial charge in [-0.05, 0) is 6.42 Å². The van der Waals surface area contributed by atoms with Crippen LogP contribution >= 0.6 is 0 Å². The third-order valence-electron chi connectivity index (χ3n) is 1.97. The molecular formula is C7H16N2O2U. The first-order valence-corrected chi connectivity index (χ1v) is 3.21. The molecule has 0 spiro atoms. The standard InChI is InChI=1S/C6H13N2O2.CH3.U/c1-6(8)2-3(7)4(9)5(6)10;;/h3-5,9-10H,1-2,7-8H2;1H3;/q2*-1;+2/t3?,4?,5?,6-;;/m0../s1. The van der Waals surface area contributed by atoms with Crippen LogP contribution in [0.5, 0.6) is 0 Å². The molecule has 1 fully saturated rings. The zero-order chi connectivity index (χ0) is 7.94. The average molecular weight is 398 g/mol. The van der Waals surface area contributed by atoms with E-state index >= 15 is 0 Å². The van der Waals surface area contributed by atoms with Crippen molar-refractivity contribution in [2.24, 2.45) is 11.5 Å². The van der Waals surface area contributed by atoms with Gasteiger partial charge in [-0.1, -0.05) is 5.54 Å². The summed E-state index contributed by atoms with van der Waals surface area (Å²) in [5.74, 6) is 0. The van der Waals surface area contributed by atoms with E-state index in [0.29, 0.717) is 6.42 Å². The van der Waals surface area contributed by atoms with Gasteiger partial charge < -0.3 is 36.0 Å². The van der Waals surface area contributed by atoms with Gasteiger partial charge in [0, 0.05) is 6.04 Å². The van der Waals surface area contributed by atoms with E-state index in [1.807, 2.05) is 0 Å². The van der Waals surface area contributed by atoms with Crippen molar-refractivity contribution in [3.63, 3.8) is 0 Å². The summed E-state index contributed by atoms with van der Waals surface area (Å²) in [7, 11) is 0. The second kappa shape index (κ2) is 4.94. The Morgan fingerprint density at radius 1 is 1.42 bits per heavy atom. The number of aliphatic hydroxyl groups is 2. The van der Waals surface area contributed by atoms with E-state index in [-0.39, 0.29) is 38.5 Å². The van der Waals surface area contributed by atoms with Crippen molar-refractivity contribution >= 4 is 0 Å². The molecule has 1 rings (SSSR count). The van der Waals surface area contributed by atoms with E-state index in [4.69, 9.17) is 16.6 Å².